The van der Waals surface area contributed by atoms with Gasteiger partial charge in [0.2, 0.25) is 0 Å². The summed E-state index contributed by atoms with van der Waals surface area (Å²) in [6, 6.07) is 11.3. The molecule has 23 heavy (non-hydrogen) atoms. The highest BCUT2D eigenvalue weighted by Crippen LogP contribution is 2.30. The highest BCUT2D eigenvalue weighted by Gasteiger charge is 2.43. The number of benzene rings is 1. The number of morpholine rings is 1. The van der Waals surface area contributed by atoms with Crippen molar-refractivity contribution < 1.29 is 9.53 Å². The van der Waals surface area contributed by atoms with Crippen molar-refractivity contribution in [1.29, 1.82) is 0 Å². The molecule has 3 aliphatic rings. The van der Waals surface area contributed by atoms with Gasteiger partial charge in [0.25, 0.3) is 0 Å². The number of carbonyl (C=O) groups is 1. The summed E-state index contributed by atoms with van der Waals surface area (Å²) in [4.78, 5) is 16.8. The first-order valence-electron chi connectivity index (χ1n) is 8.66. The van der Waals surface area contributed by atoms with Gasteiger partial charge in [-0.2, -0.15) is 0 Å². The SMILES string of the molecule is C[C@H]1C[C@H]1NC(=O)N1C[C@@H]2OCCN(Cc3ccccc3)[C@@H]2C1. The Balaban J connectivity index is 1.39. The van der Waals surface area contributed by atoms with E-state index in [0.717, 1.165) is 32.7 Å². The lowest BCUT2D eigenvalue weighted by Gasteiger charge is -2.36. The van der Waals surface area contributed by atoms with E-state index in [-0.39, 0.29) is 12.1 Å². The number of nitrogens with zero attached hydrogens (tertiary/aromatic N) is 2. The standard InChI is InChI=1S/C18H25N3O2/c1-13-9-15(13)19-18(22)21-11-16-17(12-21)23-8-7-20(16)10-14-5-3-2-4-6-14/h2-6,13,15-17H,7-12H2,1H3,(H,19,22)/t13-,15+,16+,17-/m0/s1. The molecule has 1 aromatic carbocycles. The molecule has 1 aliphatic carbocycles. The number of likely N-dealkylation sites (tertiary alicyclic amines) is 1. The molecule has 3 fully saturated rings. The summed E-state index contributed by atoms with van der Waals surface area (Å²) in [6.07, 6.45) is 1.26. The molecular formula is C18H25N3O2. The van der Waals surface area contributed by atoms with Gasteiger partial charge in [0, 0.05) is 25.7 Å². The minimum atomic E-state index is 0.0806. The third-order valence-electron chi connectivity index (χ3n) is 5.35. The predicted octanol–water partition coefficient (Wildman–Crippen LogP) is 1.69. The van der Waals surface area contributed by atoms with Crippen LogP contribution >= 0.6 is 0 Å². The molecule has 0 unspecified atom stereocenters. The van der Waals surface area contributed by atoms with Crippen LogP contribution in [-0.4, -0.2) is 60.3 Å². The predicted molar refractivity (Wildman–Crippen MR) is 88.1 cm³/mol. The molecule has 2 amide bonds. The molecule has 0 radical (unpaired) electrons. The van der Waals surface area contributed by atoms with Gasteiger partial charge in [-0.05, 0) is 17.9 Å². The van der Waals surface area contributed by atoms with Gasteiger partial charge in [0.1, 0.15) is 0 Å². The third-order valence-corrected chi connectivity index (χ3v) is 5.35. The van der Waals surface area contributed by atoms with Crippen molar-refractivity contribution >= 4 is 6.03 Å². The maximum atomic E-state index is 12.4. The number of ether oxygens (including phenoxy) is 1. The molecular weight excluding hydrogens is 290 g/mol. The summed E-state index contributed by atoms with van der Waals surface area (Å²) in [5, 5.41) is 3.13. The van der Waals surface area contributed by atoms with Crippen molar-refractivity contribution in [1.82, 2.24) is 15.1 Å². The van der Waals surface area contributed by atoms with Crippen molar-refractivity contribution in [2.75, 3.05) is 26.2 Å². The van der Waals surface area contributed by atoms with Gasteiger partial charge in [-0.15, -0.1) is 0 Å². The van der Waals surface area contributed by atoms with Gasteiger partial charge in [-0.25, -0.2) is 4.79 Å². The Labute approximate surface area is 137 Å². The van der Waals surface area contributed by atoms with E-state index >= 15 is 0 Å². The van der Waals surface area contributed by atoms with E-state index in [2.05, 4.69) is 41.4 Å². The Kier molecular flexibility index (Phi) is 3.99. The Morgan fingerprint density at radius 2 is 2.09 bits per heavy atom. The number of nitrogens with one attached hydrogen (secondary N) is 1. The molecule has 4 atom stereocenters. The fourth-order valence-corrected chi connectivity index (χ4v) is 3.71. The number of hydrogen-bond donors (Lipinski definition) is 1. The van der Waals surface area contributed by atoms with Crippen LogP contribution < -0.4 is 5.32 Å². The molecule has 1 aromatic rings. The number of urea groups is 1. The summed E-state index contributed by atoms with van der Waals surface area (Å²) in [5.74, 6) is 0.634. The lowest BCUT2D eigenvalue weighted by molar-refractivity contribution is -0.0503. The Bertz CT molecular complexity index is 565. The van der Waals surface area contributed by atoms with Crippen molar-refractivity contribution in [2.24, 2.45) is 5.92 Å². The lowest BCUT2D eigenvalue weighted by Crippen LogP contribution is -2.50. The lowest BCUT2D eigenvalue weighted by atomic mass is 10.1. The molecule has 2 saturated heterocycles. The van der Waals surface area contributed by atoms with E-state index in [9.17, 15) is 4.79 Å². The number of hydrogen-bond acceptors (Lipinski definition) is 3. The average molecular weight is 315 g/mol. The molecule has 5 heteroatoms. The first-order valence-corrected chi connectivity index (χ1v) is 8.66. The largest absolute Gasteiger partial charge is 0.373 e. The van der Waals surface area contributed by atoms with Gasteiger partial charge in [0.15, 0.2) is 0 Å². The van der Waals surface area contributed by atoms with E-state index < -0.39 is 0 Å². The summed E-state index contributed by atoms with van der Waals surface area (Å²) in [5.41, 5.74) is 1.32. The number of rotatable bonds is 3. The first kappa shape index (κ1) is 15.0. The maximum absolute atomic E-state index is 12.4. The molecule has 2 heterocycles. The summed E-state index contributed by atoms with van der Waals surface area (Å²) in [7, 11) is 0. The Morgan fingerprint density at radius 1 is 1.30 bits per heavy atom. The van der Waals surface area contributed by atoms with E-state index in [4.69, 9.17) is 4.74 Å². The van der Waals surface area contributed by atoms with Crippen LogP contribution in [0.25, 0.3) is 0 Å². The monoisotopic (exact) mass is 315 g/mol. The van der Waals surface area contributed by atoms with Crippen molar-refractivity contribution in [3.8, 4) is 0 Å². The summed E-state index contributed by atoms with van der Waals surface area (Å²) in [6.45, 7) is 6.28. The zero-order valence-corrected chi connectivity index (χ0v) is 13.6. The molecule has 0 spiro atoms. The van der Waals surface area contributed by atoms with Crippen molar-refractivity contribution in [3.05, 3.63) is 35.9 Å². The molecule has 4 rings (SSSR count). The molecule has 1 saturated carbocycles. The van der Waals surface area contributed by atoms with Crippen LogP contribution in [0.2, 0.25) is 0 Å². The molecule has 0 bridgehead atoms. The molecule has 1 N–H and O–H groups in total. The second-order valence-corrected chi connectivity index (χ2v) is 7.11. The molecule has 124 valence electrons. The third kappa shape index (κ3) is 3.21. The first-order chi connectivity index (χ1) is 11.2. The minimum Gasteiger partial charge on any atom is -0.373 e. The van der Waals surface area contributed by atoms with Crippen LogP contribution in [0.15, 0.2) is 30.3 Å². The van der Waals surface area contributed by atoms with Crippen LogP contribution in [0, 0.1) is 5.92 Å². The van der Waals surface area contributed by atoms with Crippen LogP contribution in [-0.2, 0) is 11.3 Å². The van der Waals surface area contributed by atoms with Crippen LogP contribution in [0.5, 0.6) is 0 Å². The normalized spacial score (nSPS) is 33.3. The van der Waals surface area contributed by atoms with Gasteiger partial charge in [0.05, 0.1) is 25.3 Å². The van der Waals surface area contributed by atoms with Crippen molar-refractivity contribution in [2.45, 2.75) is 38.1 Å². The average Bonchev–Trinajstić information content (AvgIpc) is 3.08. The Hall–Kier alpha value is -1.59. The van der Waals surface area contributed by atoms with Crippen LogP contribution in [0.3, 0.4) is 0 Å². The van der Waals surface area contributed by atoms with Gasteiger partial charge >= 0.3 is 6.03 Å². The van der Waals surface area contributed by atoms with Crippen molar-refractivity contribution in [3.63, 3.8) is 0 Å². The maximum Gasteiger partial charge on any atom is 0.317 e. The van der Waals surface area contributed by atoms with Gasteiger partial charge < -0.3 is 15.0 Å². The Morgan fingerprint density at radius 3 is 2.83 bits per heavy atom. The number of amides is 2. The topological polar surface area (TPSA) is 44.8 Å². The van der Waals surface area contributed by atoms with E-state index in [1.165, 1.54) is 5.56 Å². The number of carbonyl (C=O) groups excluding carboxylic acids is 1. The van der Waals surface area contributed by atoms with Gasteiger partial charge in [-0.3, -0.25) is 4.90 Å². The summed E-state index contributed by atoms with van der Waals surface area (Å²) >= 11 is 0. The smallest absolute Gasteiger partial charge is 0.317 e. The van der Waals surface area contributed by atoms with E-state index in [0.29, 0.717) is 24.5 Å². The second kappa shape index (κ2) is 6.13. The minimum absolute atomic E-state index is 0.0806. The molecule has 0 aromatic heterocycles. The van der Waals surface area contributed by atoms with Gasteiger partial charge in [-0.1, -0.05) is 37.3 Å². The fraction of sp³-hybridized carbons (Fsp3) is 0.611. The zero-order chi connectivity index (χ0) is 15.8. The highest BCUT2D eigenvalue weighted by molar-refractivity contribution is 5.75. The van der Waals surface area contributed by atoms with E-state index in [1.54, 1.807) is 0 Å². The molecule has 2 aliphatic heterocycles. The number of fused-ring (bicyclic) bond motifs is 1. The molecule has 5 nitrogen and oxygen atoms in total. The van der Waals surface area contributed by atoms with Crippen LogP contribution in [0.1, 0.15) is 18.9 Å². The van der Waals surface area contributed by atoms with E-state index in [1.807, 2.05) is 11.0 Å². The zero-order valence-electron chi connectivity index (χ0n) is 13.6. The quantitative estimate of drug-likeness (QED) is 0.923. The fourth-order valence-electron chi connectivity index (χ4n) is 3.71. The second-order valence-electron chi connectivity index (χ2n) is 7.11. The van der Waals surface area contributed by atoms with Crippen LogP contribution in [0.4, 0.5) is 4.79 Å². The summed E-state index contributed by atoms with van der Waals surface area (Å²) < 4.78 is 5.93. The highest BCUT2D eigenvalue weighted by atomic mass is 16.5.